The maximum absolute atomic E-state index is 6.58. The Balaban J connectivity index is 5.00. The molecule has 2 unspecified atom stereocenters. The van der Waals surface area contributed by atoms with E-state index in [-0.39, 0.29) is 16.9 Å². The standard InChI is InChI=1S/C17H38N2/c1-9-14(16(5,6)11-18)17(7,8)15(19)10-13(4)12(2)3/h12-15H,9-11,18-19H2,1-8H3/t13?,14-,15?/m1/s1. The van der Waals surface area contributed by atoms with Crippen LogP contribution >= 0.6 is 0 Å². The van der Waals surface area contributed by atoms with E-state index in [1.165, 1.54) is 0 Å². The summed E-state index contributed by atoms with van der Waals surface area (Å²) in [7, 11) is 0. The van der Waals surface area contributed by atoms with Gasteiger partial charge in [-0.15, -0.1) is 0 Å². The Hall–Kier alpha value is -0.0800. The molecular formula is C17H38N2. The van der Waals surface area contributed by atoms with Gasteiger partial charge in [0.15, 0.2) is 0 Å². The minimum atomic E-state index is 0.126. The fourth-order valence-electron chi connectivity index (χ4n) is 3.46. The third kappa shape index (κ3) is 4.75. The molecule has 19 heavy (non-hydrogen) atoms. The summed E-state index contributed by atoms with van der Waals surface area (Å²) in [6.07, 6.45) is 2.24. The number of hydrogen-bond donors (Lipinski definition) is 2. The van der Waals surface area contributed by atoms with E-state index in [1.54, 1.807) is 0 Å². The van der Waals surface area contributed by atoms with Crippen LogP contribution in [0.1, 0.15) is 68.2 Å². The van der Waals surface area contributed by atoms with Crippen LogP contribution in [-0.4, -0.2) is 12.6 Å². The first kappa shape index (κ1) is 18.9. The fraction of sp³-hybridized carbons (Fsp3) is 1.00. The van der Waals surface area contributed by atoms with Crippen molar-refractivity contribution in [2.24, 2.45) is 40.1 Å². The van der Waals surface area contributed by atoms with Gasteiger partial charge in [-0.05, 0) is 41.5 Å². The first-order valence-electron chi connectivity index (χ1n) is 7.96. The highest BCUT2D eigenvalue weighted by Crippen LogP contribution is 2.45. The predicted octanol–water partition coefficient (Wildman–Crippen LogP) is 4.03. The van der Waals surface area contributed by atoms with Gasteiger partial charge in [-0.3, -0.25) is 0 Å². The molecule has 2 nitrogen and oxygen atoms in total. The van der Waals surface area contributed by atoms with Crippen molar-refractivity contribution >= 4 is 0 Å². The Bertz CT molecular complexity index is 256. The molecule has 2 heteroatoms. The molecule has 0 aliphatic carbocycles. The smallest absolute Gasteiger partial charge is 0.00957 e. The lowest BCUT2D eigenvalue weighted by Crippen LogP contribution is -2.50. The van der Waals surface area contributed by atoms with Crippen molar-refractivity contribution in [2.75, 3.05) is 6.54 Å². The molecule has 0 saturated heterocycles. The van der Waals surface area contributed by atoms with Crippen molar-refractivity contribution < 1.29 is 0 Å². The Labute approximate surface area is 121 Å². The summed E-state index contributed by atoms with van der Waals surface area (Å²) in [5.74, 6) is 1.93. The normalized spacial score (nSPS) is 18.5. The van der Waals surface area contributed by atoms with E-state index in [0.29, 0.717) is 17.8 Å². The molecule has 0 aromatic rings. The molecule has 0 radical (unpaired) electrons. The quantitative estimate of drug-likeness (QED) is 0.699. The number of rotatable bonds is 8. The van der Waals surface area contributed by atoms with Gasteiger partial charge in [-0.1, -0.05) is 61.8 Å². The van der Waals surface area contributed by atoms with Crippen LogP contribution in [0.2, 0.25) is 0 Å². The van der Waals surface area contributed by atoms with E-state index in [1.807, 2.05) is 0 Å². The third-order valence-corrected chi connectivity index (χ3v) is 5.50. The second-order valence-corrected chi connectivity index (χ2v) is 8.04. The van der Waals surface area contributed by atoms with Gasteiger partial charge in [0.25, 0.3) is 0 Å². The van der Waals surface area contributed by atoms with E-state index in [2.05, 4.69) is 55.4 Å². The van der Waals surface area contributed by atoms with Crippen molar-refractivity contribution in [1.82, 2.24) is 0 Å². The van der Waals surface area contributed by atoms with Gasteiger partial charge in [0.2, 0.25) is 0 Å². The molecule has 4 N–H and O–H groups in total. The molecule has 0 aromatic heterocycles. The Morgan fingerprint density at radius 1 is 1.00 bits per heavy atom. The summed E-state index contributed by atoms with van der Waals surface area (Å²) in [6.45, 7) is 19.1. The summed E-state index contributed by atoms with van der Waals surface area (Å²) in [5.41, 5.74) is 12.8. The average Bonchev–Trinajstić information content (AvgIpc) is 2.28. The molecule has 0 fully saturated rings. The molecule has 0 saturated carbocycles. The van der Waals surface area contributed by atoms with Crippen molar-refractivity contribution in [3.8, 4) is 0 Å². The SMILES string of the molecule is CC[C@H](C(C)(C)CN)C(C)(C)C(N)CC(C)C(C)C. The van der Waals surface area contributed by atoms with E-state index in [0.717, 1.165) is 19.4 Å². The second kappa shape index (κ2) is 7.08. The van der Waals surface area contributed by atoms with Gasteiger partial charge in [0.1, 0.15) is 0 Å². The number of hydrogen-bond acceptors (Lipinski definition) is 2. The lowest BCUT2D eigenvalue weighted by Gasteiger charge is -2.47. The van der Waals surface area contributed by atoms with E-state index in [9.17, 15) is 0 Å². The molecule has 0 heterocycles. The molecule has 116 valence electrons. The molecule has 0 amide bonds. The van der Waals surface area contributed by atoms with Gasteiger partial charge in [-0.25, -0.2) is 0 Å². The van der Waals surface area contributed by atoms with Crippen molar-refractivity contribution in [1.29, 1.82) is 0 Å². The topological polar surface area (TPSA) is 52.0 Å². The zero-order valence-corrected chi connectivity index (χ0v) is 14.6. The van der Waals surface area contributed by atoms with Crippen LogP contribution in [-0.2, 0) is 0 Å². The average molecular weight is 271 g/mol. The van der Waals surface area contributed by atoms with Crippen molar-refractivity contribution in [3.05, 3.63) is 0 Å². The molecule has 3 atom stereocenters. The highest BCUT2D eigenvalue weighted by molar-refractivity contribution is 4.95. The first-order chi connectivity index (χ1) is 8.50. The molecular weight excluding hydrogens is 232 g/mol. The Morgan fingerprint density at radius 2 is 1.47 bits per heavy atom. The van der Waals surface area contributed by atoms with Crippen LogP contribution < -0.4 is 11.5 Å². The van der Waals surface area contributed by atoms with Crippen LogP contribution in [0, 0.1) is 28.6 Å². The Morgan fingerprint density at radius 3 is 1.79 bits per heavy atom. The summed E-state index contributed by atoms with van der Waals surface area (Å²) in [4.78, 5) is 0. The molecule has 0 bridgehead atoms. The number of nitrogens with two attached hydrogens (primary N) is 2. The van der Waals surface area contributed by atoms with Crippen molar-refractivity contribution in [3.63, 3.8) is 0 Å². The van der Waals surface area contributed by atoms with Crippen LogP contribution in [0.4, 0.5) is 0 Å². The van der Waals surface area contributed by atoms with Gasteiger partial charge < -0.3 is 11.5 Å². The van der Waals surface area contributed by atoms with Crippen molar-refractivity contribution in [2.45, 2.75) is 74.3 Å². The molecule has 0 rings (SSSR count). The summed E-state index contributed by atoms with van der Waals surface area (Å²) < 4.78 is 0. The van der Waals surface area contributed by atoms with Gasteiger partial charge in [-0.2, -0.15) is 0 Å². The predicted molar refractivity (Wildman–Crippen MR) is 87.0 cm³/mol. The van der Waals surface area contributed by atoms with E-state index < -0.39 is 0 Å². The van der Waals surface area contributed by atoms with Gasteiger partial charge >= 0.3 is 0 Å². The fourth-order valence-corrected chi connectivity index (χ4v) is 3.46. The maximum atomic E-state index is 6.58. The lowest BCUT2D eigenvalue weighted by atomic mass is 9.60. The second-order valence-electron chi connectivity index (χ2n) is 8.04. The monoisotopic (exact) mass is 270 g/mol. The minimum absolute atomic E-state index is 0.126. The zero-order chi connectivity index (χ0) is 15.4. The summed E-state index contributed by atoms with van der Waals surface area (Å²) in [6, 6.07) is 0.237. The largest absolute Gasteiger partial charge is 0.330 e. The lowest BCUT2D eigenvalue weighted by molar-refractivity contribution is 0.0432. The third-order valence-electron chi connectivity index (χ3n) is 5.50. The van der Waals surface area contributed by atoms with E-state index in [4.69, 9.17) is 11.5 Å². The zero-order valence-electron chi connectivity index (χ0n) is 14.6. The highest BCUT2D eigenvalue weighted by Gasteiger charge is 2.42. The molecule has 0 aromatic carbocycles. The summed E-state index contributed by atoms with van der Waals surface area (Å²) in [5, 5.41) is 0. The van der Waals surface area contributed by atoms with Gasteiger partial charge in [0, 0.05) is 6.04 Å². The molecule has 0 aliphatic heterocycles. The maximum Gasteiger partial charge on any atom is 0.00957 e. The van der Waals surface area contributed by atoms with Gasteiger partial charge in [0.05, 0.1) is 0 Å². The Kier molecular flexibility index (Phi) is 7.05. The highest BCUT2D eigenvalue weighted by atomic mass is 14.7. The van der Waals surface area contributed by atoms with Crippen LogP contribution in [0.25, 0.3) is 0 Å². The molecule has 0 aliphatic rings. The first-order valence-corrected chi connectivity index (χ1v) is 7.96. The van der Waals surface area contributed by atoms with E-state index >= 15 is 0 Å². The van der Waals surface area contributed by atoms with Crippen LogP contribution in [0.5, 0.6) is 0 Å². The molecule has 0 spiro atoms. The summed E-state index contributed by atoms with van der Waals surface area (Å²) >= 11 is 0. The van der Waals surface area contributed by atoms with Crippen LogP contribution in [0.15, 0.2) is 0 Å². The minimum Gasteiger partial charge on any atom is -0.330 e. The van der Waals surface area contributed by atoms with Crippen LogP contribution in [0.3, 0.4) is 0 Å².